The molecule has 2 heterocycles. The smallest absolute Gasteiger partial charge is 0.289 e. The molecule has 4 aromatic rings. The molecular formula is C29H25N3O6. The van der Waals surface area contributed by atoms with Crippen LogP contribution in [0, 0.1) is 6.92 Å². The molecule has 1 aromatic heterocycles. The summed E-state index contributed by atoms with van der Waals surface area (Å²) >= 11 is 0. The van der Waals surface area contributed by atoms with E-state index in [0.717, 1.165) is 11.1 Å². The summed E-state index contributed by atoms with van der Waals surface area (Å²) in [5, 5.41) is 9.35. The van der Waals surface area contributed by atoms with Crippen LogP contribution in [0.2, 0.25) is 0 Å². The minimum absolute atomic E-state index is 0.107. The van der Waals surface area contributed by atoms with Crippen LogP contribution < -0.4 is 20.1 Å². The molecule has 0 saturated heterocycles. The number of carbonyl (C=O) groups is 3. The van der Waals surface area contributed by atoms with Crippen LogP contribution in [0.5, 0.6) is 11.5 Å². The summed E-state index contributed by atoms with van der Waals surface area (Å²) < 4.78 is 16.1. The van der Waals surface area contributed by atoms with Gasteiger partial charge in [0.25, 0.3) is 11.8 Å². The highest BCUT2D eigenvalue weighted by Crippen LogP contribution is 2.32. The van der Waals surface area contributed by atoms with Crippen molar-refractivity contribution in [1.29, 1.82) is 0 Å². The lowest BCUT2D eigenvalue weighted by Crippen LogP contribution is -2.48. The number of hydrogen-bond donors (Lipinski definition) is 2. The number of aryl methyl sites for hydroxylation is 1. The first-order valence-electron chi connectivity index (χ1n) is 12.1. The number of carbonyl (C=O) groups excluding carboxylic acids is 3. The van der Waals surface area contributed by atoms with Crippen LogP contribution in [-0.4, -0.2) is 35.6 Å². The van der Waals surface area contributed by atoms with Crippen LogP contribution in [0.4, 0.5) is 0 Å². The van der Waals surface area contributed by atoms with E-state index >= 15 is 0 Å². The Balaban J connectivity index is 1.34. The molecule has 5 rings (SSSR count). The predicted molar refractivity (Wildman–Crippen MR) is 137 cm³/mol. The SMILES string of the molecule is Cc1noc(-c2ccccc2)c1C(=O)NC(Cc1ccccc1)C(=O)C(=O)NCc1ccc2c(c1)OCO2. The first-order valence-corrected chi connectivity index (χ1v) is 12.1. The van der Waals surface area contributed by atoms with Gasteiger partial charge in [-0.15, -0.1) is 0 Å². The number of hydrogen-bond acceptors (Lipinski definition) is 7. The van der Waals surface area contributed by atoms with Crippen molar-refractivity contribution in [3.05, 3.63) is 101 Å². The molecule has 0 aliphatic carbocycles. The van der Waals surface area contributed by atoms with Crippen LogP contribution in [0.3, 0.4) is 0 Å². The number of ether oxygens (including phenoxy) is 2. The van der Waals surface area contributed by atoms with Crippen molar-refractivity contribution >= 4 is 17.6 Å². The van der Waals surface area contributed by atoms with Gasteiger partial charge in [-0.25, -0.2) is 0 Å². The second-order valence-corrected chi connectivity index (χ2v) is 8.79. The van der Waals surface area contributed by atoms with E-state index in [4.69, 9.17) is 14.0 Å². The van der Waals surface area contributed by atoms with Gasteiger partial charge in [0.15, 0.2) is 17.3 Å². The molecule has 0 fully saturated rings. The van der Waals surface area contributed by atoms with Crippen molar-refractivity contribution in [2.45, 2.75) is 25.9 Å². The number of Topliss-reactive ketones (excluding diaryl/α,β-unsaturated/α-hetero) is 1. The zero-order valence-corrected chi connectivity index (χ0v) is 20.6. The van der Waals surface area contributed by atoms with Gasteiger partial charge in [0.05, 0.1) is 5.69 Å². The monoisotopic (exact) mass is 511 g/mol. The van der Waals surface area contributed by atoms with Gasteiger partial charge < -0.3 is 24.6 Å². The maximum atomic E-state index is 13.4. The number of ketones is 1. The van der Waals surface area contributed by atoms with Crippen LogP contribution in [0.1, 0.15) is 27.2 Å². The van der Waals surface area contributed by atoms with E-state index in [9.17, 15) is 14.4 Å². The van der Waals surface area contributed by atoms with E-state index in [-0.39, 0.29) is 25.3 Å². The van der Waals surface area contributed by atoms with Crippen LogP contribution in [0.25, 0.3) is 11.3 Å². The Hall–Kier alpha value is -4.92. The maximum Gasteiger partial charge on any atom is 0.289 e. The Morgan fingerprint density at radius 1 is 0.895 bits per heavy atom. The molecular weight excluding hydrogens is 486 g/mol. The van der Waals surface area contributed by atoms with Gasteiger partial charge >= 0.3 is 0 Å². The largest absolute Gasteiger partial charge is 0.454 e. The Morgan fingerprint density at radius 3 is 2.37 bits per heavy atom. The minimum Gasteiger partial charge on any atom is -0.454 e. The average molecular weight is 512 g/mol. The number of aromatic nitrogens is 1. The highest BCUT2D eigenvalue weighted by molar-refractivity contribution is 6.38. The molecule has 9 nitrogen and oxygen atoms in total. The number of nitrogens with zero attached hydrogens (tertiary/aromatic N) is 1. The molecule has 3 aromatic carbocycles. The van der Waals surface area contributed by atoms with Crippen LogP contribution in [-0.2, 0) is 22.6 Å². The second-order valence-electron chi connectivity index (χ2n) is 8.79. The van der Waals surface area contributed by atoms with Gasteiger partial charge in [-0.1, -0.05) is 71.9 Å². The average Bonchev–Trinajstić information content (AvgIpc) is 3.58. The molecule has 192 valence electrons. The number of amides is 2. The number of rotatable bonds is 9. The molecule has 1 atom stereocenters. The Kier molecular flexibility index (Phi) is 7.17. The standard InChI is InChI=1S/C29H25N3O6/c1-18-25(27(38-32-18)21-10-6-3-7-11-21)28(34)31-22(14-19-8-4-2-5-9-19)26(33)29(35)30-16-20-12-13-23-24(15-20)37-17-36-23/h2-13,15,22H,14,16-17H2,1H3,(H,30,35)(H,31,34). The Bertz CT molecular complexity index is 1470. The van der Waals surface area contributed by atoms with E-state index in [1.165, 1.54) is 0 Å². The summed E-state index contributed by atoms with van der Waals surface area (Å²) in [6.45, 7) is 1.90. The van der Waals surface area contributed by atoms with E-state index in [1.54, 1.807) is 37.3 Å². The highest BCUT2D eigenvalue weighted by atomic mass is 16.7. The zero-order chi connectivity index (χ0) is 26.5. The molecule has 2 N–H and O–H groups in total. The lowest BCUT2D eigenvalue weighted by atomic mass is 10.00. The minimum atomic E-state index is -1.11. The first kappa shape index (κ1) is 24.8. The third kappa shape index (κ3) is 5.41. The van der Waals surface area contributed by atoms with Crippen LogP contribution in [0.15, 0.2) is 83.4 Å². The van der Waals surface area contributed by atoms with Crippen molar-refractivity contribution < 1.29 is 28.4 Å². The zero-order valence-electron chi connectivity index (χ0n) is 20.6. The summed E-state index contributed by atoms with van der Waals surface area (Å²) in [5.41, 5.74) is 2.79. The van der Waals surface area contributed by atoms with Gasteiger partial charge in [-0.2, -0.15) is 0 Å². The van der Waals surface area contributed by atoms with Gasteiger partial charge in [-0.3, -0.25) is 14.4 Å². The number of benzene rings is 3. The fourth-order valence-corrected chi connectivity index (χ4v) is 4.19. The van der Waals surface area contributed by atoms with Gasteiger partial charge in [0.2, 0.25) is 12.6 Å². The van der Waals surface area contributed by atoms with Crippen LogP contribution >= 0.6 is 0 Å². The molecule has 1 unspecified atom stereocenters. The summed E-state index contributed by atoms with van der Waals surface area (Å²) in [5.74, 6) is -0.636. The van der Waals surface area contributed by atoms with Crippen molar-refractivity contribution in [2.75, 3.05) is 6.79 Å². The predicted octanol–water partition coefficient (Wildman–Crippen LogP) is 3.61. The van der Waals surface area contributed by atoms with Gasteiger partial charge in [0, 0.05) is 18.5 Å². The van der Waals surface area contributed by atoms with Gasteiger partial charge in [0.1, 0.15) is 11.6 Å². The van der Waals surface area contributed by atoms with Crippen molar-refractivity contribution in [3.8, 4) is 22.8 Å². The Labute approximate surface area is 218 Å². The lowest BCUT2D eigenvalue weighted by molar-refractivity contribution is -0.139. The van der Waals surface area contributed by atoms with E-state index < -0.39 is 23.6 Å². The Morgan fingerprint density at radius 2 is 1.61 bits per heavy atom. The van der Waals surface area contributed by atoms with E-state index in [0.29, 0.717) is 28.5 Å². The number of nitrogens with one attached hydrogen (secondary N) is 2. The quantitative estimate of drug-likeness (QED) is 0.330. The molecule has 38 heavy (non-hydrogen) atoms. The molecule has 0 saturated carbocycles. The van der Waals surface area contributed by atoms with Crippen molar-refractivity contribution in [1.82, 2.24) is 15.8 Å². The summed E-state index contributed by atoms with van der Waals surface area (Å²) in [6.07, 6.45) is 0.133. The molecule has 0 radical (unpaired) electrons. The summed E-state index contributed by atoms with van der Waals surface area (Å²) in [7, 11) is 0. The molecule has 0 spiro atoms. The van der Waals surface area contributed by atoms with E-state index in [2.05, 4.69) is 15.8 Å². The maximum absolute atomic E-state index is 13.4. The highest BCUT2D eigenvalue weighted by Gasteiger charge is 2.30. The van der Waals surface area contributed by atoms with Gasteiger partial charge in [-0.05, 0) is 30.2 Å². The molecule has 1 aliphatic heterocycles. The molecule has 1 aliphatic rings. The lowest BCUT2D eigenvalue weighted by Gasteiger charge is -2.18. The van der Waals surface area contributed by atoms with E-state index in [1.807, 2.05) is 48.5 Å². The molecule has 0 bridgehead atoms. The number of fused-ring (bicyclic) bond motifs is 1. The van der Waals surface area contributed by atoms with Crippen molar-refractivity contribution in [2.24, 2.45) is 0 Å². The normalized spacial score (nSPS) is 12.6. The third-order valence-corrected chi connectivity index (χ3v) is 6.14. The fraction of sp³-hybridized carbons (Fsp3) is 0.172. The van der Waals surface area contributed by atoms with Crippen molar-refractivity contribution in [3.63, 3.8) is 0 Å². The second kappa shape index (κ2) is 11.0. The topological polar surface area (TPSA) is 120 Å². The fourth-order valence-electron chi connectivity index (χ4n) is 4.19. The third-order valence-electron chi connectivity index (χ3n) is 6.14. The summed E-state index contributed by atoms with van der Waals surface area (Å²) in [6, 6.07) is 22.4. The molecule has 9 heteroatoms. The molecule has 2 amide bonds. The first-order chi connectivity index (χ1) is 18.5. The summed E-state index contributed by atoms with van der Waals surface area (Å²) in [4.78, 5) is 39.6.